The molecule has 2 aliphatic rings. The van der Waals surface area contributed by atoms with Crippen LogP contribution in [0.2, 0.25) is 0 Å². The summed E-state index contributed by atoms with van der Waals surface area (Å²) in [4.78, 5) is 128. The summed E-state index contributed by atoms with van der Waals surface area (Å²) in [6.07, 6.45) is 3.82. The maximum Gasteiger partial charge on any atom is 0.248 e. The Balaban J connectivity index is 1.46. The van der Waals surface area contributed by atoms with Gasteiger partial charge in [-0.2, -0.15) is 25.3 Å². The summed E-state index contributed by atoms with van der Waals surface area (Å²) in [6, 6.07) is -1.17. The number of aliphatic hydroxyl groups excluding tert-OH is 2. The highest BCUT2D eigenvalue weighted by Gasteiger charge is 2.40. The number of nitrogens with zero attached hydrogens (tertiary/aromatic N) is 3. The number of amides is 8. The van der Waals surface area contributed by atoms with Gasteiger partial charge in [-0.25, -0.2) is 0 Å². The molecular weight excluding hydrogens is 985 g/mol. The molecule has 2 fully saturated rings. The Labute approximate surface area is 437 Å². The number of unbranched alkanes of at least 4 members (excludes halogenated alkanes) is 2. The summed E-state index contributed by atoms with van der Waals surface area (Å²) in [7, 11) is 3.87. The Morgan fingerprint density at radius 3 is 2.05 bits per heavy atom. The van der Waals surface area contributed by atoms with Gasteiger partial charge in [0.2, 0.25) is 47.3 Å². The predicted molar refractivity (Wildman–Crippen MR) is 279 cm³/mol. The number of likely N-dealkylation sites (tertiary alicyclic amines) is 2. The lowest BCUT2D eigenvalue weighted by Gasteiger charge is -2.29. The second-order valence-electron chi connectivity index (χ2n) is 19.0. The molecule has 23 nitrogen and oxygen atoms in total. The fraction of sp³-hybridized carbons (Fsp3) is 0.646. The average Bonchev–Trinajstić information content (AvgIpc) is 4.16. The maximum absolute atomic E-state index is 14.2. The van der Waals surface area contributed by atoms with E-state index in [2.05, 4.69) is 62.1 Å². The van der Waals surface area contributed by atoms with Gasteiger partial charge in [-0.15, -0.1) is 0 Å². The zero-order valence-electron chi connectivity index (χ0n) is 42.0. The fourth-order valence-electron chi connectivity index (χ4n) is 9.02. The van der Waals surface area contributed by atoms with E-state index in [4.69, 9.17) is 11.5 Å². The first kappa shape index (κ1) is 60.2. The summed E-state index contributed by atoms with van der Waals surface area (Å²) < 4.78 is 0. The number of thiol groups is 2. The number of primary amides is 1. The van der Waals surface area contributed by atoms with E-state index in [-0.39, 0.29) is 63.2 Å². The number of aromatic amines is 1. The highest BCUT2D eigenvalue weighted by atomic mass is 32.1. The Morgan fingerprint density at radius 1 is 0.781 bits per heavy atom. The van der Waals surface area contributed by atoms with Crippen LogP contribution in [-0.4, -0.2) is 196 Å². The third kappa shape index (κ3) is 18.2. The number of fused-ring (bicyclic) bond motifs is 1. The summed E-state index contributed by atoms with van der Waals surface area (Å²) in [5.41, 5.74) is 13.1. The Kier molecular flexibility index (Phi) is 24.9. The highest BCUT2D eigenvalue weighted by Crippen LogP contribution is 2.22. The zero-order chi connectivity index (χ0) is 53.8. The molecule has 0 radical (unpaired) electrons. The second kappa shape index (κ2) is 30.2. The number of ketones is 1. The van der Waals surface area contributed by atoms with Crippen LogP contribution in [-0.2, 0) is 49.6 Å². The van der Waals surface area contributed by atoms with E-state index in [1.165, 1.54) is 16.7 Å². The van der Waals surface area contributed by atoms with Gasteiger partial charge in [-0.3, -0.25) is 48.5 Å². The van der Waals surface area contributed by atoms with Gasteiger partial charge in [0.25, 0.3) is 0 Å². The molecule has 25 heteroatoms. The van der Waals surface area contributed by atoms with E-state index in [1.807, 2.05) is 43.3 Å². The van der Waals surface area contributed by atoms with Crippen molar-refractivity contribution in [2.45, 2.75) is 139 Å². The first-order chi connectivity index (χ1) is 34.8. The smallest absolute Gasteiger partial charge is 0.248 e. The molecule has 0 saturated carbocycles. The minimum Gasteiger partial charge on any atom is -0.387 e. The minimum absolute atomic E-state index is 0.0201. The van der Waals surface area contributed by atoms with Crippen LogP contribution in [0.1, 0.15) is 83.1 Å². The SMILES string of the molecule is CC(=O)C[C@H](NC(=O)[C@H](CCCCNC(=O)[C@H](CS)NC(=O)[C@H](Cc1c[nH]c2ccccc12)NC(=O)[C@H](CCCCN(C)C)NC(O)[C@@H](N)CS)NC(=O)[C@@H]1CCCN1C(=O)CO)C(=O)N1CCC[C@H]1C(N)=O. The quantitative estimate of drug-likeness (QED) is 0.0212. The second-order valence-corrected chi connectivity index (χ2v) is 19.7. The lowest BCUT2D eigenvalue weighted by molar-refractivity contribution is -0.143. The molecule has 8 amide bonds. The number of benzene rings is 1. The van der Waals surface area contributed by atoms with Crippen molar-refractivity contribution >= 4 is 89.2 Å². The van der Waals surface area contributed by atoms with Crippen LogP contribution in [0.25, 0.3) is 10.9 Å². The minimum atomic E-state index is -1.38. The Bertz CT molecular complexity index is 2220. The number of carbonyl (C=O) groups is 9. The molecule has 2 aliphatic heterocycles. The topological polar surface area (TPSA) is 344 Å². The molecule has 9 atom stereocenters. The number of carbonyl (C=O) groups excluding carboxylic acids is 9. The van der Waals surface area contributed by atoms with E-state index in [0.717, 1.165) is 29.4 Å². The van der Waals surface area contributed by atoms with Gasteiger partial charge in [0.1, 0.15) is 54.9 Å². The van der Waals surface area contributed by atoms with Crippen molar-refractivity contribution < 1.29 is 53.4 Å². The van der Waals surface area contributed by atoms with Gasteiger partial charge in [-0.05, 0) is 97.0 Å². The standard InChI is InChI=1S/C48H76N12O11S2/c1-28(62)22-36(48(71)60-21-10-16-38(60)41(50)64)56-45(68)34(54-47(70)39-17-11-20-59(39)40(63)25-61)14-6-8-18-51-43(66)37(27-73)57-46(69)35(23-29-24-52-32-13-5-4-12-30(29)32)55-44(67)33(15-7-9-19-58(2)3)53-42(65)31(49)26-72/h4-5,12-13,24,31,33-39,42,52-53,61,65,72-73H,6-11,14-23,25-27,49H2,1-3H3,(H2,50,64)(H,51,66)(H,54,70)(H,55,67)(H,56,68)(H,57,69)/t31-,33-,34-,35-,36-,37-,38-,39-,42?/m0/s1. The summed E-state index contributed by atoms with van der Waals surface area (Å²) in [5, 5.41) is 37.6. The van der Waals surface area contributed by atoms with Crippen molar-refractivity contribution in [1.82, 2.24) is 51.6 Å². The number of Topliss-reactive ketones (excluding diaryl/α,β-unsaturated/α-hetero) is 1. The first-order valence-corrected chi connectivity index (χ1v) is 26.2. The van der Waals surface area contributed by atoms with E-state index in [1.54, 1.807) is 6.20 Å². The van der Waals surface area contributed by atoms with Crippen molar-refractivity contribution in [2.24, 2.45) is 11.5 Å². The normalized spacial score (nSPS) is 18.5. The van der Waals surface area contributed by atoms with Gasteiger partial charge in [-0.1, -0.05) is 24.6 Å². The number of para-hydroxylation sites is 1. The summed E-state index contributed by atoms with van der Waals surface area (Å²) >= 11 is 8.54. The number of aromatic nitrogens is 1. The van der Waals surface area contributed by atoms with E-state index < -0.39 is 121 Å². The fourth-order valence-corrected chi connectivity index (χ4v) is 9.48. The number of hydrogen-bond donors (Lipinski definition) is 13. The van der Waals surface area contributed by atoms with Crippen LogP contribution in [0.4, 0.5) is 0 Å². The first-order valence-electron chi connectivity index (χ1n) is 24.9. The molecule has 0 spiro atoms. The number of H-pyrrole nitrogens is 1. The molecular formula is C48H76N12O11S2. The van der Waals surface area contributed by atoms with Crippen molar-refractivity contribution in [2.75, 3.05) is 58.4 Å². The third-order valence-corrected chi connectivity index (χ3v) is 13.8. The van der Waals surface area contributed by atoms with Gasteiger partial charge in [0.15, 0.2) is 0 Å². The van der Waals surface area contributed by atoms with Gasteiger partial charge in [0, 0.05) is 61.1 Å². The molecule has 4 rings (SSSR count). The Hall–Kier alpha value is -5.31. The zero-order valence-corrected chi connectivity index (χ0v) is 43.8. The van der Waals surface area contributed by atoms with Crippen molar-refractivity contribution in [3.8, 4) is 0 Å². The molecule has 1 aromatic carbocycles. The van der Waals surface area contributed by atoms with E-state index in [9.17, 15) is 53.4 Å². The maximum atomic E-state index is 14.2. The van der Waals surface area contributed by atoms with E-state index >= 15 is 0 Å². The largest absolute Gasteiger partial charge is 0.387 e. The average molecular weight is 1060 g/mol. The highest BCUT2D eigenvalue weighted by molar-refractivity contribution is 7.80. The molecule has 13 N–H and O–H groups in total. The van der Waals surface area contributed by atoms with Gasteiger partial charge < -0.3 is 67.9 Å². The number of rotatable bonds is 31. The number of hydrogen-bond acceptors (Lipinski definition) is 16. The van der Waals surface area contributed by atoms with Crippen molar-refractivity contribution in [1.29, 1.82) is 0 Å². The summed E-state index contributed by atoms with van der Waals surface area (Å²) in [5.74, 6) is -5.76. The lowest BCUT2D eigenvalue weighted by atomic mass is 10.0. The monoisotopic (exact) mass is 1060 g/mol. The molecule has 0 aliphatic carbocycles. The van der Waals surface area contributed by atoms with Crippen LogP contribution >= 0.6 is 25.3 Å². The van der Waals surface area contributed by atoms with Crippen molar-refractivity contribution in [3.63, 3.8) is 0 Å². The molecule has 2 saturated heterocycles. The molecule has 3 heterocycles. The van der Waals surface area contributed by atoms with Crippen LogP contribution in [0, 0.1) is 0 Å². The van der Waals surface area contributed by atoms with Crippen LogP contribution < -0.4 is 43.4 Å². The Morgan fingerprint density at radius 2 is 1.40 bits per heavy atom. The molecule has 73 heavy (non-hydrogen) atoms. The number of nitrogens with two attached hydrogens (primary N) is 2. The summed E-state index contributed by atoms with van der Waals surface area (Å²) in [6.45, 7) is 1.66. The molecule has 1 aromatic heterocycles. The molecule has 406 valence electrons. The van der Waals surface area contributed by atoms with Crippen LogP contribution in [0.3, 0.4) is 0 Å². The van der Waals surface area contributed by atoms with Crippen LogP contribution in [0.15, 0.2) is 30.5 Å². The lowest BCUT2D eigenvalue weighted by Crippen LogP contribution is -2.59. The van der Waals surface area contributed by atoms with Gasteiger partial charge in [0.05, 0.1) is 12.1 Å². The predicted octanol–water partition coefficient (Wildman–Crippen LogP) is -2.43. The molecule has 2 aromatic rings. The molecule has 1 unspecified atom stereocenters. The number of aliphatic hydroxyl groups is 2. The van der Waals surface area contributed by atoms with Crippen molar-refractivity contribution in [3.05, 3.63) is 36.0 Å². The molecule has 0 bridgehead atoms. The van der Waals surface area contributed by atoms with E-state index in [0.29, 0.717) is 32.1 Å². The number of nitrogens with one attached hydrogen (secondary N) is 7. The third-order valence-electron chi connectivity index (χ3n) is 13.0. The van der Waals surface area contributed by atoms with Gasteiger partial charge >= 0.3 is 0 Å². The van der Waals surface area contributed by atoms with Crippen LogP contribution in [0.5, 0.6) is 0 Å².